The predicted octanol–water partition coefficient (Wildman–Crippen LogP) is 2.26. The second kappa shape index (κ2) is 7.12. The Labute approximate surface area is 116 Å². The molecule has 4 heteroatoms. The van der Waals surface area contributed by atoms with Gasteiger partial charge in [0.1, 0.15) is 5.41 Å². The molecule has 0 spiro atoms. The van der Waals surface area contributed by atoms with Crippen LogP contribution < -0.4 is 5.73 Å². The van der Waals surface area contributed by atoms with E-state index in [1.165, 1.54) is 0 Å². The van der Waals surface area contributed by atoms with Gasteiger partial charge in [0.25, 0.3) is 0 Å². The van der Waals surface area contributed by atoms with Crippen LogP contribution in [0, 0.1) is 5.41 Å². The average Bonchev–Trinajstić information content (AvgIpc) is 2.26. The molecule has 0 saturated heterocycles. The van der Waals surface area contributed by atoms with Crippen LogP contribution in [0.3, 0.4) is 0 Å². The van der Waals surface area contributed by atoms with Gasteiger partial charge in [0, 0.05) is 12.1 Å². The molecule has 0 atom stereocenters. The highest BCUT2D eigenvalue weighted by Gasteiger charge is 2.45. The van der Waals surface area contributed by atoms with Crippen molar-refractivity contribution < 1.29 is 9.59 Å². The zero-order chi connectivity index (χ0) is 15.2. The Hall–Kier alpha value is -1.58. The molecule has 0 rings (SSSR count). The van der Waals surface area contributed by atoms with Gasteiger partial charge in [-0.25, -0.2) is 0 Å². The third-order valence-corrected chi connectivity index (χ3v) is 3.21. The van der Waals surface area contributed by atoms with Gasteiger partial charge in [0.15, 0.2) is 0 Å². The van der Waals surface area contributed by atoms with Crippen molar-refractivity contribution in [2.24, 2.45) is 11.1 Å². The summed E-state index contributed by atoms with van der Waals surface area (Å²) in [6.45, 7) is 14.9. The number of nitrogens with two attached hydrogens (primary N) is 1. The fourth-order valence-corrected chi connectivity index (χ4v) is 2.37. The molecule has 0 unspecified atom stereocenters. The van der Waals surface area contributed by atoms with E-state index >= 15 is 0 Å². The summed E-state index contributed by atoms with van der Waals surface area (Å²) in [4.78, 5) is 26.4. The fraction of sp³-hybridized carbons (Fsp3) is 0.600. The molecular formula is C15H26N2O2. The lowest BCUT2D eigenvalue weighted by Gasteiger charge is -2.38. The van der Waals surface area contributed by atoms with E-state index in [0.717, 1.165) is 0 Å². The molecule has 2 amide bonds. The number of nitrogens with zero attached hydrogens (tertiary/aromatic N) is 1. The third kappa shape index (κ3) is 3.69. The van der Waals surface area contributed by atoms with E-state index in [1.54, 1.807) is 17.1 Å². The third-order valence-electron chi connectivity index (χ3n) is 3.21. The second-order valence-corrected chi connectivity index (χ2v) is 5.33. The van der Waals surface area contributed by atoms with Gasteiger partial charge in [0.2, 0.25) is 11.8 Å². The predicted molar refractivity (Wildman–Crippen MR) is 78.4 cm³/mol. The van der Waals surface area contributed by atoms with E-state index < -0.39 is 11.3 Å². The van der Waals surface area contributed by atoms with Crippen molar-refractivity contribution in [3.05, 3.63) is 25.3 Å². The van der Waals surface area contributed by atoms with E-state index in [0.29, 0.717) is 0 Å². The molecule has 0 bridgehead atoms. The van der Waals surface area contributed by atoms with Crippen molar-refractivity contribution in [2.45, 2.75) is 52.6 Å². The summed E-state index contributed by atoms with van der Waals surface area (Å²) in [6, 6.07) is 0.00158. The number of hydrogen-bond acceptors (Lipinski definition) is 2. The summed E-state index contributed by atoms with van der Waals surface area (Å²) in [6.07, 6.45) is 3.57. The van der Waals surface area contributed by atoms with Gasteiger partial charge in [-0.15, -0.1) is 13.2 Å². The first kappa shape index (κ1) is 17.4. The summed E-state index contributed by atoms with van der Waals surface area (Å²) >= 11 is 0. The maximum atomic E-state index is 12.8. The van der Waals surface area contributed by atoms with E-state index in [9.17, 15) is 9.59 Å². The first-order valence-electron chi connectivity index (χ1n) is 6.59. The van der Waals surface area contributed by atoms with E-state index in [1.807, 2.05) is 27.7 Å². The van der Waals surface area contributed by atoms with Crippen LogP contribution in [0.15, 0.2) is 25.3 Å². The van der Waals surface area contributed by atoms with Crippen LogP contribution in [0.2, 0.25) is 0 Å². The van der Waals surface area contributed by atoms with Gasteiger partial charge in [0.05, 0.1) is 0 Å². The lowest BCUT2D eigenvalue weighted by molar-refractivity contribution is -0.152. The molecule has 0 aromatic rings. The average molecular weight is 266 g/mol. The Morgan fingerprint density at radius 2 is 1.47 bits per heavy atom. The summed E-state index contributed by atoms with van der Waals surface area (Å²) in [5.41, 5.74) is 4.24. The van der Waals surface area contributed by atoms with Crippen molar-refractivity contribution >= 4 is 11.8 Å². The Kier molecular flexibility index (Phi) is 6.53. The molecule has 19 heavy (non-hydrogen) atoms. The standard InChI is InChI=1S/C15H26N2O2/c1-7-9-15(10-8-2,13(16)18)14(19)17(11(3)4)12(5)6/h7-8,11-12H,1-2,9-10H2,3-6H3,(H2,16,18). The lowest BCUT2D eigenvalue weighted by atomic mass is 9.78. The van der Waals surface area contributed by atoms with Crippen LogP contribution >= 0.6 is 0 Å². The normalized spacial score (nSPS) is 11.5. The van der Waals surface area contributed by atoms with Crippen molar-refractivity contribution in [1.29, 1.82) is 0 Å². The highest BCUT2D eigenvalue weighted by molar-refractivity contribution is 6.05. The molecule has 0 aromatic heterocycles. The highest BCUT2D eigenvalue weighted by Crippen LogP contribution is 2.32. The molecule has 4 nitrogen and oxygen atoms in total. The van der Waals surface area contributed by atoms with Crippen LogP contribution in [-0.4, -0.2) is 28.8 Å². The first-order chi connectivity index (χ1) is 8.74. The minimum atomic E-state index is -1.27. The molecule has 2 N–H and O–H groups in total. The number of amides is 2. The quantitative estimate of drug-likeness (QED) is 0.541. The highest BCUT2D eigenvalue weighted by atomic mass is 16.2. The van der Waals surface area contributed by atoms with Crippen molar-refractivity contribution in [3.63, 3.8) is 0 Å². The molecule has 0 fully saturated rings. The first-order valence-corrected chi connectivity index (χ1v) is 6.59. The molecule has 0 aliphatic carbocycles. The van der Waals surface area contributed by atoms with Crippen LogP contribution in [0.25, 0.3) is 0 Å². The van der Waals surface area contributed by atoms with Gasteiger partial charge in [-0.05, 0) is 40.5 Å². The number of primary amides is 1. The fourth-order valence-electron chi connectivity index (χ4n) is 2.37. The van der Waals surface area contributed by atoms with E-state index in [-0.39, 0.29) is 30.8 Å². The topological polar surface area (TPSA) is 63.4 Å². The Morgan fingerprint density at radius 1 is 1.11 bits per heavy atom. The molecule has 0 saturated carbocycles. The van der Waals surface area contributed by atoms with Crippen LogP contribution in [-0.2, 0) is 9.59 Å². The van der Waals surface area contributed by atoms with Gasteiger partial charge in [-0.2, -0.15) is 0 Å². The van der Waals surface area contributed by atoms with E-state index in [4.69, 9.17) is 5.73 Å². The van der Waals surface area contributed by atoms with E-state index in [2.05, 4.69) is 13.2 Å². The van der Waals surface area contributed by atoms with Gasteiger partial charge in [-0.1, -0.05) is 12.2 Å². The van der Waals surface area contributed by atoms with Crippen molar-refractivity contribution in [3.8, 4) is 0 Å². The molecular weight excluding hydrogens is 240 g/mol. The molecule has 108 valence electrons. The number of rotatable bonds is 8. The number of hydrogen-bond donors (Lipinski definition) is 1. The zero-order valence-electron chi connectivity index (χ0n) is 12.5. The zero-order valence-corrected chi connectivity index (χ0v) is 12.5. The Balaban J connectivity index is 5.69. The smallest absolute Gasteiger partial charge is 0.239 e. The maximum absolute atomic E-state index is 12.8. The Morgan fingerprint density at radius 3 is 1.68 bits per heavy atom. The SMILES string of the molecule is C=CCC(CC=C)(C(N)=O)C(=O)N(C(C)C)C(C)C. The van der Waals surface area contributed by atoms with Gasteiger partial charge in [-0.3, -0.25) is 9.59 Å². The van der Waals surface area contributed by atoms with Crippen molar-refractivity contribution in [1.82, 2.24) is 4.90 Å². The number of allylic oxidation sites excluding steroid dienone is 2. The largest absolute Gasteiger partial charge is 0.369 e. The summed E-state index contributed by atoms with van der Waals surface area (Å²) in [7, 11) is 0. The van der Waals surface area contributed by atoms with Crippen molar-refractivity contribution in [2.75, 3.05) is 0 Å². The lowest BCUT2D eigenvalue weighted by Crippen LogP contribution is -2.55. The van der Waals surface area contributed by atoms with Gasteiger partial charge < -0.3 is 10.6 Å². The number of carbonyl (C=O) groups is 2. The van der Waals surface area contributed by atoms with Crippen LogP contribution in [0.1, 0.15) is 40.5 Å². The molecule has 0 heterocycles. The summed E-state index contributed by atoms with van der Waals surface area (Å²) in [5, 5.41) is 0. The molecule has 0 aromatic carbocycles. The minimum Gasteiger partial charge on any atom is -0.369 e. The molecule has 0 aliphatic rings. The Bertz CT molecular complexity index is 341. The summed E-state index contributed by atoms with van der Waals surface area (Å²) in [5.74, 6) is -0.867. The van der Waals surface area contributed by atoms with Crippen LogP contribution in [0.5, 0.6) is 0 Å². The monoisotopic (exact) mass is 266 g/mol. The van der Waals surface area contributed by atoms with Crippen LogP contribution in [0.4, 0.5) is 0 Å². The molecule has 0 aliphatic heterocycles. The molecule has 0 radical (unpaired) electrons. The second-order valence-electron chi connectivity index (χ2n) is 5.33. The van der Waals surface area contributed by atoms with Gasteiger partial charge >= 0.3 is 0 Å². The number of carbonyl (C=O) groups excluding carboxylic acids is 2. The maximum Gasteiger partial charge on any atom is 0.239 e. The summed E-state index contributed by atoms with van der Waals surface area (Å²) < 4.78 is 0. The minimum absolute atomic E-state index is 0.000792.